The Morgan fingerprint density at radius 3 is 2.41 bits per heavy atom. The summed E-state index contributed by atoms with van der Waals surface area (Å²) < 4.78 is 0. The minimum Gasteiger partial charge on any atom is -0.0745 e. The predicted molar refractivity (Wildman–Crippen MR) is 78.0 cm³/mol. The van der Waals surface area contributed by atoms with Crippen molar-refractivity contribution in [3.63, 3.8) is 0 Å². The molecule has 0 aromatic carbocycles. The van der Waals surface area contributed by atoms with Crippen molar-refractivity contribution in [3.05, 3.63) is 36.0 Å². The van der Waals surface area contributed by atoms with E-state index in [1.165, 1.54) is 24.8 Å². The molecule has 1 aliphatic carbocycles. The third kappa shape index (κ3) is 3.59. The van der Waals surface area contributed by atoms with E-state index >= 15 is 0 Å². The van der Waals surface area contributed by atoms with Gasteiger partial charge in [0, 0.05) is 5.41 Å². The standard InChI is InChI=1S/C17H28/c1-6-9-16(7-2)17(5)12-8-10-15(11-13-17)14(3)4/h8,10-14,16H,6-7,9H2,1-5H3. The molecule has 17 heavy (non-hydrogen) atoms. The summed E-state index contributed by atoms with van der Waals surface area (Å²) in [6, 6.07) is 0. The van der Waals surface area contributed by atoms with Crippen LogP contribution < -0.4 is 0 Å². The van der Waals surface area contributed by atoms with Crippen LogP contribution in [0.2, 0.25) is 0 Å². The first kappa shape index (κ1) is 14.3. The molecule has 0 heterocycles. The van der Waals surface area contributed by atoms with Crippen LogP contribution in [0.5, 0.6) is 0 Å². The third-order valence-electron chi connectivity index (χ3n) is 4.06. The molecule has 0 fully saturated rings. The maximum atomic E-state index is 2.42. The summed E-state index contributed by atoms with van der Waals surface area (Å²) in [5.41, 5.74) is 1.68. The van der Waals surface area contributed by atoms with Crippen LogP contribution >= 0.6 is 0 Å². The summed E-state index contributed by atoms with van der Waals surface area (Å²) >= 11 is 0. The fraction of sp³-hybridized carbons (Fsp3) is 0.647. The van der Waals surface area contributed by atoms with E-state index in [1.54, 1.807) is 0 Å². The SMILES string of the molecule is CCCC(CC)C1(C)C=CC=C(C(C)C)C=C1. The lowest BCUT2D eigenvalue weighted by atomic mass is 9.73. The lowest BCUT2D eigenvalue weighted by Crippen LogP contribution is -2.22. The quantitative estimate of drug-likeness (QED) is 0.585. The van der Waals surface area contributed by atoms with Crippen molar-refractivity contribution in [2.45, 2.75) is 53.9 Å². The summed E-state index contributed by atoms with van der Waals surface area (Å²) in [6.07, 6.45) is 15.5. The van der Waals surface area contributed by atoms with Crippen molar-refractivity contribution in [2.24, 2.45) is 17.3 Å². The van der Waals surface area contributed by atoms with Crippen molar-refractivity contribution in [1.82, 2.24) is 0 Å². The molecule has 0 heteroatoms. The van der Waals surface area contributed by atoms with Crippen molar-refractivity contribution in [3.8, 4) is 0 Å². The minimum atomic E-state index is 0.234. The number of allylic oxidation sites excluding steroid dienone is 6. The van der Waals surface area contributed by atoms with E-state index in [4.69, 9.17) is 0 Å². The zero-order valence-electron chi connectivity index (χ0n) is 12.2. The molecule has 0 aromatic heterocycles. The fourth-order valence-corrected chi connectivity index (χ4v) is 2.71. The van der Waals surface area contributed by atoms with Gasteiger partial charge in [0.2, 0.25) is 0 Å². The molecule has 2 unspecified atom stereocenters. The van der Waals surface area contributed by atoms with Gasteiger partial charge in [-0.3, -0.25) is 0 Å². The van der Waals surface area contributed by atoms with E-state index in [1.807, 2.05) is 0 Å². The Hall–Kier alpha value is -0.780. The number of hydrogen-bond donors (Lipinski definition) is 0. The maximum Gasteiger partial charge on any atom is 0.00671 e. The molecule has 0 saturated heterocycles. The van der Waals surface area contributed by atoms with Gasteiger partial charge in [-0.2, -0.15) is 0 Å². The summed E-state index contributed by atoms with van der Waals surface area (Å²) in [6.45, 7) is 11.5. The highest BCUT2D eigenvalue weighted by molar-refractivity contribution is 5.32. The average Bonchev–Trinajstić information content (AvgIpc) is 2.49. The van der Waals surface area contributed by atoms with Crippen LogP contribution in [0.25, 0.3) is 0 Å². The van der Waals surface area contributed by atoms with Crippen LogP contribution in [-0.4, -0.2) is 0 Å². The highest BCUT2D eigenvalue weighted by Gasteiger charge is 2.27. The minimum absolute atomic E-state index is 0.234. The van der Waals surface area contributed by atoms with E-state index in [2.05, 4.69) is 65.0 Å². The molecule has 0 bridgehead atoms. The first-order chi connectivity index (χ1) is 8.03. The molecule has 1 aliphatic rings. The van der Waals surface area contributed by atoms with E-state index in [0.29, 0.717) is 5.92 Å². The first-order valence-corrected chi connectivity index (χ1v) is 7.12. The van der Waals surface area contributed by atoms with Crippen LogP contribution in [0.1, 0.15) is 53.9 Å². The van der Waals surface area contributed by atoms with Gasteiger partial charge in [-0.1, -0.05) is 77.8 Å². The van der Waals surface area contributed by atoms with Crippen molar-refractivity contribution in [2.75, 3.05) is 0 Å². The highest BCUT2D eigenvalue weighted by Crippen LogP contribution is 2.38. The van der Waals surface area contributed by atoms with Gasteiger partial charge in [0.05, 0.1) is 0 Å². The second kappa shape index (κ2) is 6.23. The maximum absolute atomic E-state index is 2.42. The van der Waals surface area contributed by atoms with Gasteiger partial charge in [0.25, 0.3) is 0 Å². The first-order valence-electron chi connectivity index (χ1n) is 7.12. The van der Waals surface area contributed by atoms with E-state index in [9.17, 15) is 0 Å². The summed E-state index contributed by atoms with van der Waals surface area (Å²) in [5.74, 6) is 1.38. The molecular formula is C17H28. The lowest BCUT2D eigenvalue weighted by molar-refractivity contribution is 0.292. The predicted octanol–water partition coefficient (Wildman–Crippen LogP) is 5.53. The van der Waals surface area contributed by atoms with E-state index < -0.39 is 0 Å². The van der Waals surface area contributed by atoms with Gasteiger partial charge in [-0.25, -0.2) is 0 Å². The third-order valence-corrected chi connectivity index (χ3v) is 4.06. The summed E-state index contributed by atoms with van der Waals surface area (Å²) in [5, 5.41) is 0. The molecule has 2 atom stereocenters. The Kier molecular flexibility index (Phi) is 5.24. The summed E-state index contributed by atoms with van der Waals surface area (Å²) in [4.78, 5) is 0. The zero-order chi connectivity index (χ0) is 12.9. The topological polar surface area (TPSA) is 0 Å². The molecule has 1 rings (SSSR count). The number of rotatable bonds is 5. The molecule has 0 amide bonds. The van der Waals surface area contributed by atoms with E-state index in [-0.39, 0.29) is 5.41 Å². The van der Waals surface area contributed by atoms with Crippen LogP contribution in [0.3, 0.4) is 0 Å². The second-order valence-electron chi connectivity index (χ2n) is 5.77. The van der Waals surface area contributed by atoms with Crippen molar-refractivity contribution >= 4 is 0 Å². The van der Waals surface area contributed by atoms with Crippen molar-refractivity contribution < 1.29 is 0 Å². The van der Waals surface area contributed by atoms with Crippen LogP contribution in [0.15, 0.2) is 36.0 Å². The molecule has 0 nitrogen and oxygen atoms in total. The van der Waals surface area contributed by atoms with Crippen LogP contribution in [-0.2, 0) is 0 Å². The lowest BCUT2D eigenvalue weighted by Gasteiger charge is -2.31. The molecular weight excluding hydrogens is 204 g/mol. The van der Waals surface area contributed by atoms with E-state index in [0.717, 1.165) is 5.92 Å². The highest BCUT2D eigenvalue weighted by atomic mass is 14.3. The Bertz CT molecular complexity index is 317. The molecule has 0 saturated carbocycles. The van der Waals surface area contributed by atoms with Gasteiger partial charge in [-0.05, 0) is 23.8 Å². The normalized spacial score (nSPS) is 25.9. The monoisotopic (exact) mass is 232 g/mol. The fourth-order valence-electron chi connectivity index (χ4n) is 2.71. The second-order valence-corrected chi connectivity index (χ2v) is 5.77. The average molecular weight is 232 g/mol. The number of hydrogen-bond acceptors (Lipinski definition) is 0. The van der Waals surface area contributed by atoms with Crippen LogP contribution in [0.4, 0.5) is 0 Å². The molecule has 0 N–H and O–H groups in total. The molecule has 0 aromatic rings. The zero-order valence-corrected chi connectivity index (χ0v) is 12.2. The van der Waals surface area contributed by atoms with Crippen LogP contribution in [0, 0.1) is 17.3 Å². The Morgan fingerprint density at radius 1 is 1.18 bits per heavy atom. The Morgan fingerprint density at radius 2 is 1.88 bits per heavy atom. The Balaban J connectivity index is 2.90. The Labute approximate surface area is 108 Å². The smallest absolute Gasteiger partial charge is 0.00671 e. The molecule has 0 aliphatic heterocycles. The van der Waals surface area contributed by atoms with Gasteiger partial charge in [0.1, 0.15) is 0 Å². The van der Waals surface area contributed by atoms with Gasteiger partial charge in [-0.15, -0.1) is 0 Å². The largest absolute Gasteiger partial charge is 0.0745 e. The van der Waals surface area contributed by atoms with Crippen molar-refractivity contribution in [1.29, 1.82) is 0 Å². The van der Waals surface area contributed by atoms with Gasteiger partial charge in [0.15, 0.2) is 0 Å². The molecule has 0 spiro atoms. The summed E-state index contributed by atoms with van der Waals surface area (Å²) in [7, 11) is 0. The van der Waals surface area contributed by atoms with Gasteiger partial charge >= 0.3 is 0 Å². The molecule has 0 radical (unpaired) electrons. The molecule has 96 valence electrons. The van der Waals surface area contributed by atoms with Gasteiger partial charge < -0.3 is 0 Å².